The Hall–Kier alpha value is -0.320. The number of ether oxygens (including phenoxy) is 8. The fraction of sp³-hybridized carbons (Fsp3) is 1.00. The normalized spacial score (nSPS) is 11.4. The van der Waals surface area contributed by atoms with Crippen LogP contribution in [-0.2, 0) is 37.9 Å². The van der Waals surface area contributed by atoms with Crippen molar-refractivity contribution in [3.05, 3.63) is 0 Å². The van der Waals surface area contributed by atoms with E-state index in [0.717, 1.165) is 19.6 Å². The first kappa shape index (κ1) is 31.7. The van der Waals surface area contributed by atoms with Crippen LogP contribution in [0.1, 0.15) is 52.4 Å². The number of hydrogen-bond donors (Lipinski definition) is 0. The molecule has 0 aliphatic rings. The molecule has 0 aliphatic heterocycles. The van der Waals surface area contributed by atoms with Crippen molar-refractivity contribution in [2.45, 2.75) is 52.4 Å². The SMILES string of the molecule is CCCCCCCCOCCOCCOCCOCCOCCOCCOCCOCC. The molecule has 8 heteroatoms. The minimum atomic E-state index is 0.552. The van der Waals surface area contributed by atoms with Crippen LogP contribution in [0.15, 0.2) is 0 Å². The maximum absolute atomic E-state index is 5.57. The van der Waals surface area contributed by atoms with E-state index in [1.54, 1.807) is 0 Å². The standard InChI is InChI=1S/C24H50O8/c1-3-5-6-7-8-9-10-26-13-14-28-17-18-30-21-22-32-24-23-31-20-19-29-16-15-27-12-11-25-4-2/h3-24H2,1-2H3. The molecular weight excluding hydrogens is 416 g/mol. The zero-order chi connectivity index (χ0) is 23.2. The monoisotopic (exact) mass is 466 g/mol. The summed E-state index contributed by atoms with van der Waals surface area (Å²) < 4.78 is 43.3. The van der Waals surface area contributed by atoms with Gasteiger partial charge in [-0.05, 0) is 13.3 Å². The van der Waals surface area contributed by atoms with Gasteiger partial charge in [0, 0.05) is 13.2 Å². The highest BCUT2D eigenvalue weighted by atomic mass is 16.6. The van der Waals surface area contributed by atoms with E-state index in [1.807, 2.05) is 6.92 Å². The van der Waals surface area contributed by atoms with Crippen molar-refractivity contribution >= 4 is 0 Å². The topological polar surface area (TPSA) is 73.8 Å². The van der Waals surface area contributed by atoms with Crippen LogP contribution in [0.5, 0.6) is 0 Å². The first-order valence-electron chi connectivity index (χ1n) is 12.5. The summed E-state index contributed by atoms with van der Waals surface area (Å²) in [5.41, 5.74) is 0. The molecule has 0 saturated carbocycles. The fourth-order valence-corrected chi connectivity index (χ4v) is 2.67. The van der Waals surface area contributed by atoms with Gasteiger partial charge in [0.15, 0.2) is 0 Å². The average molecular weight is 467 g/mol. The zero-order valence-electron chi connectivity index (χ0n) is 20.8. The predicted molar refractivity (Wildman–Crippen MR) is 126 cm³/mol. The average Bonchev–Trinajstić information content (AvgIpc) is 2.81. The molecule has 0 radical (unpaired) electrons. The summed E-state index contributed by atoms with van der Waals surface area (Å²) in [6, 6.07) is 0. The molecule has 0 saturated heterocycles. The second-order valence-corrected chi connectivity index (χ2v) is 7.25. The second-order valence-electron chi connectivity index (χ2n) is 7.25. The van der Waals surface area contributed by atoms with Gasteiger partial charge in [0.05, 0.1) is 92.5 Å². The van der Waals surface area contributed by atoms with Gasteiger partial charge in [-0.25, -0.2) is 0 Å². The van der Waals surface area contributed by atoms with Gasteiger partial charge in [-0.1, -0.05) is 39.0 Å². The summed E-state index contributed by atoms with van der Waals surface area (Å²) in [7, 11) is 0. The molecule has 0 atom stereocenters. The van der Waals surface area contributed by atoms with Crippen LogP contribution in [0.25, 0.3) is 0 Å². The molecule has 0 aromatic carbocycles. The third kappa shape index (κ3) is 29.7. The molecule has 0 rings (SSSR count). The minimum Gasteiger partial charge on any atom is -0.379 e. The van der Waals surface area contributed by atoms with Crippen LogP contribution in [0.4, 0.5) is 0 Å². The van der Waals surface area contributed by atoms with E-state index in [0.29, 0.717) is 92.5 Å². The van der Waals surface area contributed by atoms with Crippen molar-refractivity contribution in [2.75, 3.05) is 106 Å². The molecule has 0 N–H and O–H groups in total. The molecule has 8 nitrogen and oxygen atoms in total. The largest absolute Gasteiger partial charge is 0.379 e. The summed E-state index contributed by atoms with van der Waals surface area (Å²) in [4.78, 5) is 0. The van der Waals surface area contributed by atoms with Crippen LogP contribution in [0.2, 0.25) is 0 Å². The van der Waals surface area contributed by atoms with Crippen LogP contribution in [0, 0.1) is 0 Å². The predicted octanol–water partition coefficient (Wildman–Crippen LogP) is 3.50. The van der Waals surface area contributed by atoms with Crippen LogP contribution in [-0.4, -0.2) is 106 Å². The molecule has 194 valence electrons. The third-order valence-corrected chi connectivity index (χ3v) is 4.45. The van der Waals surface area contributed by atoms with Gasteiger partial charge < -0.3 is 37.9 Å². The summed E-state index contributed by atoms with van der Waals surface area (Å²) in [5.74, 6) is 0. The summed E-state index contributed by atoms with van der Waals surface area (Å²) in [6.07, 6.45) is 7.73. The van der Waals surface area contributed by atoms with Crippen molar-refractivity contribution < 1.29 is 37.9 Å². The zero-order valence-corrected chi connectivity index (χ0v) is 20.8. The number of rotatable bonds is 29. The van der Waals surface area contributed by atoms with Crippen molar-refractivity contribution in [2.24, 2.45) is 0 Å². The lowest BCUT2D eigenvalue weighted by Crippen LogP contribution is -2.15. The quantitative estimate of drug-likeness (QED) is 0.155. The lowest BCUT2D eigenvalue weighted by atomic mass is 10.1. The Morgan fingerprint density at radius 2 is 0.562 bits per heavy atom. The molecule has 0 fully saturated rings. The van der Waals surface area contributed by atoms with Crippen molar-refractivity contribution in [3.8, 4) is 0 Å². The minimum absolute atomic E-state index is 0.552. The maximum atomic E-state index is 5.57. The Kier molecular flexibility index (Phi) is 30.4. The highest BCUT2D eigenvalue weighted by molar-refractivity contribution is 4.43. The van der Waals surface area contributed by atoms with Gasteiger partial charge in [0.1, 0.15) is 0 Å². The second kappa shape index (κ2) is 30.7. The highest BCUT2D eigenvalue weighted by Gasteiger charge is 1.95. The van der Waals surface area contributed by atoms with E-state index >= 15 is 0 Å². The smallest absolute Gasteiger partial charge is 0.0701 e. The van der Waals surface area contributed by atoms with E-state index in [-0.39, 0.29) is 0 Å². The number of unbranched alkanes of at least 4 members (excludes halogenated alkanes) is 5. The summed E-state index contributed by atoms with van der Waals surface area (Å²) in [6.45, 7) is 13.9. The maximum Gasteiger partial charge on any atom is 0.0701 e. The molecule has 0 aromatic rings. The lowest BCUT2D eigenvalue weighted by Gasteiger charge is -2.08. The van der Waals surface area contributed by atoms with Gasteiger partial charge in [-0.15, -0.1) is 0 Å². The lowest BCUT2D eigenvalue weighted by molar-refractivity contribution is -0.0229. The van der Waals surface area contributed by atoms with Crippen LogP contribution < -0.4 is 0 Å². The van der Waals surface area contributed by atoms with Gasteiger partial charge >= 0.3 is 0 Å². The highest BCUT2D eigenvalue weighted by Crippen LogP contribution is 2.04. The number of hydrogen-bond acceptors (Lipinski definition) is 8. The molecule has 0 bridgehead atoms. The molecule has 0 amide bonds. The summed E-state index contributed by atoms with van der Waals surface area (Å²) in [5, 5.41) is 0. The molecule has 32 heavy (non-hydrogen) atoms. The van der Waals surface area contributed by atoms with E-state index in [4.69, 9.17) is 37.9 Å². The van der Waals surface area contributed by atoms with E-state index in [1.165, 1.54) is 32.1 Å². The Bertz CT molecular complexity index is 290. The van der Waals surface area contributed by atoms with Crippen molar-refractivity contribution in [1.29, 1.82) is 0 Å². The molecule has 0 aromatic heterocycles. The van der Waals surface area contributed by atoms with Gasteiger partial charge in [-0.2, -0.15) is 0 Å². The third-order valence-electron chi connectivity index (χ3n) is 4.45. The van der Waals surface area contributed by atoms with Crippen LogP contribution >= 0.6 is 0 Å². The Morgan fingerprint density at radius 1 is 0.281 bits per heavy atom. The summed E-state index contributed by atoms with van der Waals surface area (Å²) >= 11 is 0. The van der Waals surface area contributed by atoms with E-state index in [2.05, 4.69) is 6.92 Å². The molecule has 0 spiro atoms. The first-order valence-corrected chi connectivity index (χ1v) is 12.5. The Morgan fingerprint density at radius 3 is 0.906 bits per heavy atom. The van der Waals surface area contributed by atoms with E-state index < -0.39 is 0 Å². The molecule has 0 unspecified atom stereocenters. The van der Waals surface area contributed by atoms with Crippen LogP contribution in [0.3, 0.4) is 0 Å². The molecule has 0 heterocycles. The van der Waals surface area contributed by atoms with Crippen molar-refractivity contribution in [3.63, 3.8) is 0 Å². The van der Waals surface area contributed by atoms with Gasteiger partial charge in [-0.3, -0.25) is 0 Å². The first-order chi connectivity index (χ1) is 15.9. The van der Waals surface area contributed by atoms with Gasteiger partial charge in [0.25, 0.3) is 0 Å². The Labute approximate surface area is 196 Å². The van der Waals surface area contributed by atoms with E-state index in [9.17, 15) is 0 Å². The molecule has 0 aliphatic carbocycles. The fourth-order valence-electron chi connectivity index (χ4n) is 2.67. The van der Waals surface area contributed by atoms with Crippen molar-refractivity contribution in [1.82, 2.24) is 0 Å². The Balaban J connectivity index is 2.98. The van der Waals surface area contributed by atoms with Gasteiger partial charge in [0.2, 0.25) is 0 Å². The molecular formula is C24H50O8.